The molecule has 6 heteroatoms. The molecule has 0 heterocycles. The number of hydrogen-bond acceptors (Lipinski definition) is 3. The molecule has 14 heavy (non-hydrogen) atoms. The summed E-state index contributed by atoms with van der Waals surface area (Å²) in [7, 11) is -2.26. The predicted octanol–water partition coefficient (Wildman–Crippen LogP) is 1.83. The van der Waals surface area contributed by atoms with Gasteiger partial charge in [0, 0.05) is 7.05 Å². The van der Waals surface area contributed by atoms with Crippen molar-refractivity contribution in [3.63, 3.8) is 0 Å². The minimum absolute atomic E-state index is 0.172. The number of thiocarbonyl (C=S) groups is 1. The van der Waals surface area contributed by atoms with Crippen molar-refractivity contribution in [2.75, 3.05) is 7.05 Å². The van der Waals surface area contributed by atoms with Gasteiger partial charge in [-0.05, 0) is 24.4 Å². The van der Waals surface area contributed by atoms with Crippen LogP contribution in [0.5, 0.6) is 0 Å². The van der Waals surface area contributed by atoms with Crippen molar-refractivity contribution in [1.82, 2.24) is 4.31 Å². The lowest BCUT2D eigenvalue weighted by atomic mass is 10.4. The van der Waals surface area contributed by atoms with Crippen LogP contribution in [0.25, 0.3) is 0 Å². The van der Waals surface area contributed by atoms with Crippen LogP contribution in [0.4, 0.5) is 0 Å². The van der Waals surface area contributed by atoms with Gasteiger partial charge in [0.15, 0.2) is 4.45 Å². The van der Waals surface area contributed by atoms with Crippen LogP contribution in [-0.4, -0.2) is 24.2 Å². The van der Waals surface area contributed by atoms with Crippen molar-refractivity contribution in [3.8, 4) is 0 Å². The molecular formula is C8H8ClNO2S2. The number of nitrogens with zero attached hydrogens (tertiary/aromatic N) is 1. The molecule has 0 aromatic heterocycles. The minimum Gasteiger partial charge on any atom is -0.250 e. The molecule has 0 N–H and O–H groups in total. The van der Waals surface area contributed by atoms with Gasteiger partial charge in [0.25, 0.3) is 10.0 Å². The molecule has 0 aliphatic heterocycles. The second-order valence-electron chi connectivity index (χ2n) is 2.54. The molecule has 0 aliphatic carbocycles. The van der Waals surface area contributed by atoms with Gasteiger partial charge >= 0.3 is 0 Å². The van der Waals surface area contributed by atoms with E-state index in [4.69, 9.17) is 11.6 Å². The van der Waals surface area contributed by atoms with Crippen LogP contribution >= 0.6 is 23.8 Å². The molecule has 0 aliphatic rings. The third-order valence-electron chi connectivity index (χ3n) is 1.65. The van der Waals surface area contributed by atoms with E-state index in [0.29, 0.717) is 0 Å². The highest BCUT2D eigenvalue weighted by atomic mass is 35.5. The van der Waals surface area contributed by atoms with Crippen LogP contribution in [-0.2, 0) is 10.0 Å². The van der Waals surface area contributed by atoms with Gasteiger partial charge in [0.2, 0.25) is 0 Å². The Bertz CT molecular complexity index is 430. The first-order chi connectivity index (χ1) is 6.46. The molecule has 1 aromatic rings. The highest BCUT2D eigenvalue weighted by Gasteiger charge is 2.21. The van der Waals surface area contributed by atoms with Crippen LogP contribution in [0.2, 0.25) is 0 Å². The first-order valence-electron chi connectivity index (χ1n) is 3.69. The summed E-state index contributed by atoms with van der Waals surface area (Å²) in [5, 5.41) is 0. The van der Waals surface area contributed by atoms with Crippen molar-refractivity contribution >= 4 is 38.3 Å². The zero-order valence-corrected chi connectivity index (χ0v) is 9.73. The Morgan fingerprint density at radius 2 is 1.86 bits per heavy atom. The molecule has 0 unspecified atom stereocenters. The summed E-state index contributed by atoms with van der Waals surface area (Å²) in [6.07, 6.45) is 0. The zero-order valence-electron chi connectivity index (χ0n) is 7.34. The minimum atomic E-state index is -3.58. The fraction of sp³-hybridized carbons (Fsp3) is 0.125. The second-order valence-corrected chi connectivity index (χ2v) is 5.48. The largest absolute Gasteiger partial charge is 0.265 e. The summed E-state index contributed by atoms with van der Waals surface area (Å²) in [6, 6.07) is 7.98. The summed E-state index contributed by atoms with van der Waals surface area (Å²) in [4.78, 5) is 0.172. The van der Waals surface area contributed by atoms with Crippen molar-refractivity contribution in [2.24, 2.45) is 0 Å². The Kier molecular flexibility index (Phi) is 3.47. The van der Waals surface area contributed by atoms with E-state index >= 15 is 0 Å². The maximum absolute atomic E-state index is 11.7. The van der Waals surface area contributed by atoms with Crippen molar-refractivity contribution < 1.29 is 8.42 Å². The molecule has 1 rings (SSSR count). The van der Waals surface area contributed by atoms with Gasteiger partial charge in [0.05, 0.1) is 4.90 Å². The summed E-state index contributed by atoms with van der Waals surface area (Å²) in [6.45, 7) is 0. The monoisotopic (exact) mass is 249 g/mol. The summed E-state index contributed by atoms with van der Waals surface area (Å²) in [5.41, 5.74) is 0. The van der Waals surface area contributed by atoms with Crippen LogP contribution in [0.3, 0.4) is 0 Å². The van der Waals surface area contributed by atoms with Gasteiger partial charge < -0.3 is 0 Å². The topological polar surface area (TPSA) is 37.4 Å². The molecule has 0 saturated carbocycles. The van der Waals surface area contributed by atoms with Gasteiger partial charge in [-0.25, -0.2) is 12.7 Å². The Balaban J connectivity index is 3.16. The smallest absolute Gasteiger partial charge is 0.250 e. The van der Waals surface area contributed by atoms with Crippen molar-refractivity contribution in [2.45, 2.75) is 4.90 Å². The fourth-order valence-corrected chi connectivity index (χ4v) is 2.42. The Hall–Kier alpha value is -0.650. The molecule has 1 aromatic carbocycles. The first-order valence-corrected chi connectivity index (χ1v) is 5.92. The van der Waals surface area contributed by atoms with Crippen LogP contribution in [0.15, 0.2) is 35.2 Å². The zero-order chi connectivity index (χ0) is 10.8. The van der Waals surface area contributed by atoms with Gasteiger partial charge in [-0.1, -0.05) is 29.8 Å². The number of sulfonamides is 1. The third kappa shape index (κ3) is 2.23. The quantitative estimate of drug-likeness (QED) is 0.456. The van der Waals surface area contributed by atoms with Crippen molar-refractivity contribution in [3.05, 3.63) is 30.3 Å². The number of benzene rings is 1. The average Bonchev–Trinajstić information content (AvgIpc) is 2.18. The molecule has 0 amide bonds. The molecule has 0 saturated heterocycles. The van der Waals surface area contributed by atoms with Gasteiger partial charge in [-0.15, -0.1) is 0 Å². The van der Waals surface area contributed by atoms with E-state index in [2.05, 4.69) is 12.2 Å². The summed E-state index contributed by atoms with van der Waals surface area (Å²) >= 11 is 10.0. The summed E-state index contributed by atoms with van der Waals surface area (Å²) < 4.78 is 24.1. The number of hydrogen-bond donors (Lipinski definition) is 0. The molecular weight excluding hydrogens is 242 g/mol. The SMILES string of the molecule is CN(C(=S)Cl)S(=O)(=O)c1ccccc1. The van der Waals surface area contributed by atoms with E-state index in [1.807, 2.05) is 0 Å². The number of halogens is 1. The lowest BCUT2D eigenvalue weighted by molar-refractivity contribution is 0.556. The maximum atomic E-state index is 11.7. The van der Waals surface area contributed by atoms with E-state index < -0.39 is 10.0 Å². The Morgan fingerprint density at radius 1 is 1.36 bits per heavy atom. The second kappa shape index (κ2) is 4.25. The lowest BCUT2D eigenvalue weighted by Gasteiger charge is -2.15. The van der Waals surface area contributed by atoms with Gasteiger partial charge in [0.1, 0.15) is 0 Å². The van der Waals surface area contributed by atoms with Gasteiger partial charge in [-0.2, -0.15) is 0 Å². The predicted molar refractivity (Wildman–Crippen MR) is 59.8 cm³/mol. The molecule has 3 nitrogen and oxygen atoms in total. The van der Waals surface area contributed by atoms with Gasteiger partial charge in [-0.3, -0.25) is 0 Å². The molecule has 0 bridgehead atoms. The van der Waals surface area contributed by atoms with Crippen LogP contribution < -0.4 is 0 Å². The van der Waals surface area contributed by atoms with Crippen molar-refractivity contribution in [1.29, 1.82) is 0 Å². The standard InChI is InChI=1S/C8H8ClNO2S2/c1-10(8(9)13)14(11,12)7-5-3-2-4-6-7/h2-6H,1H3. The maximum Gasteiger partial charge on any atom is 0.265 e. The Morgan fingerprint density at radius 3 is 2.29 bits per heavy atom. The average molecular weight is 250 g/mol. The molecule has 0 radical (unpaired) electrons. The van der Waals surface area contributed by atoms with E-state index in [0.717, 1.165) is 4.31 Å². The van der Waals surface area contributed by atoms with Crippen LogP contribution in [0, 0.1) is 0 Å². The normalized spacial score (nSPS) is 11.0. The first kappa shape index (κ1) is 11.4. The Labute approximate surface area is 93.3 Å². The molecule has 76 valence electrons. The number of rotatable bonds is 2. The molecule has 0 fully saturated rings. The lowest BCUT2D eigenvalue weighted by Crippen LogP contribution is -2.28. The van der Waals surface area contributed by atoms with E-state index in [-0.39, 0.29) is 9.34 Å². The molecule has 0 atom stereocenters. The van der Waals surface area contributed by atoms with E-state index in [1.165, 1.54) is 19.2 Å². The highest BCUT2D eigenvalue weighted by molar-refractivity contribution is 7.92. The third-order valence-corrected chi connectivity index (χ3v) is 4.16. The summed E-state index contributed by atoms with van der Waals surface area (Å²) in [5.74, 6) is 0. The van der Waals surface area contributed by atoms with Crippen LogP contribution in [0.1, 0.15) is 0 Å². The van der Waals surface area contributed by atoms with E-state index in [1.54, 1.807) is 18.2 Å². The highest BCUT2D eigenvalue weighted by Crippen LogP contribution is 2.14. The van der Waals surface area contributed by atoms with E-state index in [9.17, 15) is 8.42 Å². The fourth-order valence-electron chi connectivity index (χ4n) is 0.845. The molecule has 0 spiro atoms.